The van der Waals surface area contributed by atoms with E-state index in [1.165, 1.54) is 4.90 Å². The Morgan fingerprint density at radius 3 is 2.53 bits per heavy atom. The first-order valence-electron chi connectivity index (χ1n) is 6.81. The van der Waals surface area contributed by atoms with Gasteiger partial charge in [-0.15, -0.1) is 6.58 Å². The van der Waals surface area contributed by atoms with Gasteiger partial charge in [0.1, 0.15) is 0 Å². The number of amides is 2. The summed E-state index contributed by atoms with van der Waals surface area (Å²) in [4.78, 5) is 23.7. The Morgan fingerprint density at radius 2 is 1.95 bits per heavy atom. The third-order valence-electron chi connectivity index (χ3n) is 2.93. The molecule has 19 heavy (non-hydrogen) atoms. The standard InChI is InChI=1S/C14H26N2O3/c1-4-5-6-7-8-9-10-15-14(19)16(3)11-12(2)13(17)18/h4,12H,1,5-11H2,2-3H3,(H,15,19)(H,17,18). The number of carboxylic acids is 1. The molecule has 5 heteroatoms. The fourth-order valence-electron chi connectivity index (χ4n) is 1.67. The number of allylic oxidation sites excluding steroid dienone is 1. The molecule has 1 atom stereocenters. The highest BCUT2D eigenvalue weighted by Crippen LogP contribution is 2.03. The number of hydrogen-bond acceptors (Lipinski definition) is 2. The monoisotopic (exact) mass is 270 g/mol. The summed E-state index contributed by atoms with van der Waals surface area (Å²) in [6, 6.07) is -0.209. The molecule has 0 radical (unpaired) electrons. The number of carboxylic acid groups (broad SMARTS) is 1. The van der Waals surface area contributed by atoms with E-state index in [1.54, 1.807) is 14.0 Å². The van der Waals surface area contributed by atoms with E-state index in [0.29, 0.717) is 6.54 Å². The van der Waals surface area contributed by atoms with Crippen LogP contribution >= 0.6 is 0 Å². The van der Waals surface area contributed by atoms with Crippen molar-refractivity contribution < 1.29 is 14.7 Å². The molecule has 0 saturated carbocycles. The molecule has 0 aromatic heterocycles. The lowest BCUT2D eigenvalue weighted by Gasteiger charge is -2.19. The van der Waals surface area contributed by atoms with Crippen LogP contribution in [-0.4, -0.2) is 42.1 Å². The smallest absolute Gasteiger partial charge is 0.317 e. The van der Waals surface area contributed by atoms with Gasteiger partial charge in [-0.05, 0) is 19.3 Å². The van der Waals surface area contributed by atoms with Crippen molar-refractivity contribution in [2.75, 3.05) is 20.1 Å². The van der Waals surface area contributed by atoms with E-state index in [1.807, 2.05) is 6.08 Å². The quantitative estimate of drug-likeness (QED) is 0.473. The Hall–Kier alpha value is -1.52. The minimum Gasteiger partial charge on any atom is -0.481 e. The van der Waals surface area contributed by atoms with Gasteiger partial charge >= 0.3 is 12.0 Å². The second kappa shape index (κ2) is 10.4. The summed E-state index contributed by atoms with van der Waals surface area (Å²) in [5, 5.41) is 11.6. The Morgan fingerprint density at radius 1 is 1.32 bits per heavy atom. The maximum absolute atomic E-state index is 11.6. The van der Waals surface area contributed by atoms with Crippen LogP contribution in [0.3, 0.4) is 0 Å². The van der Waals surface area contributed by atoms with Gasteiger partial charge in [-0.3, -0.25) is 4.79 Å². The van der Waals surface area contributed by atoms with Crippen LogP contribution in [-0.2, 0) is 4.79 Å². The highest BCUT2D eigenvalue weighted by Gasteiger charge is 2.16. The van der Waals surface area contributed by atoms with Gasteiger partial charge < -0.3 is 15.3 Å². The maximum atomic E-state index is 11.6. The fourth-order valence-corrected chi connectivity index (χ4v) is 1.67. The number of aliphatic carboxylic acids is 1. The summed E-state index contributed by atoms with van der Waals surface area (Å²) >= 11 is 0. The minimum absolute atomic E-state index is 0.209. The molecule has 0 aromatic carbocycles. The topological polar surface area (TPSA) is 69.6 Å². The fraction of sp³-hybridized carbons (Fsp3) is 0.714. The summed E-state index contributed by atoms with van der Waals surface area (Å²) < 4.78 is 0. The first-order valence-corrected chi connectivity index (χ1v) is 6.81. The van der Waals surface area contributed by atoms with Crippen LogP contribution in [0.15, 0.2) is 12.7 Å². The Bertz CT molecular complexity index is 292. The number of carbonyl (C=O) groups excluding carboxylic acids is 1. The van der Waals surface area contributed by atoms with E-state index >= 15 is 0 Å². The first kappa shape index (κ1) is 17.5. The molecular weight excluding hydrogens is 244 g/mol. The van der Waals surface area contributed by atoms with Crippen molar-refractivity contribution in [3.8, 4) is 0 Å². The molecule has 0 bridgehead atoms. The molecule has 0 aliphatic heterocycles. The zero-order valence-electron chi connectivity index (χ0n) is 12.0. The summed E-state index contributed by atoms with van der Waals surface area (Å²) in [7, 11) is 1.61. The summed E-state index contributed by atoms with van der Waals surface area (Å²) in [6.07, 6.45) is 7.29. The van der Waals surface area contributed by atoms with E-state index in [2.05, 4.69) is 11.9 Å². The van der Waals surface area contributed by atoms with E-state index < -0.39 is 11.9 Å². The second-order valence-electron chi connectivity index (χ2n) is 4.84. The second-order valence-corrected chi connectivity index (χ2v) is 4.84. The van der Waals surface area contributed by atoms with Crippen molar-refractivity contribution >= 4 is 12.0 Å². The summed E-state index contributed by atoms with van der Waals surface area (Å²) in [5.41, 5.74) is 0. The molecular formula is C14H26N2O3. The lowest BCUT2D eigenvalue weighted by molar-refractivity contribution is -0.141. The molecule has 0 aliphatic carbocycles. The summed E-state index contributed by atoms with van der Waals surface area (Å²) in [5.74, 6) is -1.43. The van der Waals surface area contributed by atoms with Crippen LogP contribution in [0, 0.1) is 5.92 Å². The van der Waals surface area contributed by atoms with Crippen molar-refractivity contribution in [3.63, 3.8) is 0 Å². The van der Waals surface area contributed by atoms with Crippen LogP contribution in [0.25, 0.3) is 0 Å². The number of unbranched alkanes of at least 4 members (excludes halogenated alkanes) is 4. The molecule has 0 heterocycles. The minimum atomic E-state index is -0.887. The summed E-state index contributed by atoms with van der Waals surface area (Å²) in [6.45, 7) is 6.12. The van der Waals surface area contributed by atoms with E-state index in [-0.39, 0.29) is 12.6 Å². The predicted molar refractivity (Wildman–Crippen MR) is 76.1 cm³/mol. The van der Waals surface area contributed by atoms with Crippen LogP contribution in [0.1, 0.15) is 39.0 Å². The van der Waals surface area contributed by atoms with Gasteiger partial charge in [0.05, 0.1) is 5.92 Å². The molecule has 1 unspecified atom stereocenters. The third kappa shape index (κ3) is 9.11. The van der Waals surface area contributed by atoms with Crippen molar-refractivity contribution in [2.24, 2.45) is 5.92 Å². The average Bonchev–Trinajstić information content (AvgIpc) is 2.37. The van der Waals surface area contributed by atoms with Gasteiger partial charge in [-0.1, -0.05) is 25.8 Å². The van der Waals surface area contributed by atoms with Gasteiger partial charge in [0.15, 0.2) is 0 Å². The Labute approximate surface area is 115 Å². The predicted octanol–water partition coefficient (Wildman–Crippen LogP) is 2.49. The number of carbonyl (C=O) groups is 2. The molecule has 0 aliphatic rings. The molecule has 0 aromatic rings. The van der Waals surface area contributed by atoms with E-state index in [9.17, 15) is 9.59 Å². The number of nitrogens with one attached hydrogen (secondary N) is 1. The van der Waals surface area contributed by atoms with E-state index in [0.717, 1.165) is 32.1 Å². The van der Waals surface area contributed by atoms with Gasteiger partial charge in [-0.25, -0.2) is 4.79 Å². The van der Waals surface area contributed by atoms with Crippen LogP contribution in [0.5, 0.6) is 0 Å². The maximum Gasteiger partial charge on any atom is 0.317 e. The highest BCUT2D eigenvalue weighted by molar-refractivity contribution is 5.75. The van der Waals surface area contributed by atoms with Gasteiger partial charge in [-0.2, -0.15) is 0 Å². The number of urea groups is 1. The molecule has 0 fully saturated rings. The SMILES string of the molecule is C=CCCCCCCNC(=O)N(C)CC(C)C(=O)O. The van der Waals surface area contributed by atoms with Gasteiger partial charge in [0.2, 0.25) is 0 Å². The van der Waals surface area contributed by atoms with Crippen LogP contribution in [0.4, 0.5) is 4.79 Å². The molecule has 2 amide bonds. The van der Waals surface area contributed by atoms with Crippen LogP contribution in [0.2, 0.25) is 0 Å². The van der Waals surface area contributed by atoms with Crippen molar-refractivity contribution in [1.29, 1.82) is 0 Å². The number of nitrogens with zero attached hydrogens (tertiary/aromatic N) is 1. The van der Waals surface area contributed by atoms with Crippen LogP contribution < -0.4 is 5.32 Å². The van der Waals surface area contributed by atoms with Gasteiger partial charge in [0.25, 0.3) is 0 Å². The van der Waals surface area contributed by atoms with Crippen molar-refractivity contribution in [2.45, 2.75) is 39.0 Å². The number of hydrogen-bond donors (Lipinski definition) is 2. The lowest BCUT2D eigenvalue weighted by Crippen LogP contribution is -2.41. The van der Waals surface area contributed by atoms with Crippen molar-refractivity contribution in [3.05, 3.63) is 12.7 Å². The van der Waals surface area contributed by atoms with E-state index in [4.69, 9.17) is 5.11 Å². The number of rotatable bonds is 10. The molecule has 0 spiro atoms. The normalized spacial score (nSPS) is 11.7. The first-order chi connectivity index (χ1) is 8.99. The third-order valence-corrected chi connectivity index (χ3v) is 2.93. The molecule has 0 rings (SSSR count). The molecule has 2 N–H and O–H groups in total. The van der Waals surface area contributed by atoms with Gasteiger partial charge in [0, 0.05) is 20.1 Å². The zero-order valence-corrected chi connectivity index (χ0v) is 12.0. The van der Waals surface area contributed by atoms with Crippen molar-refractivity contribution in [1.82, 2.24) is 10.2 Å². The largest absolute Gasteiger partial charge is 0.481 e. The lowest BCUT2D eigenvalue weighted by atomic mass is 10.1. The Balaban J connectivity index is 3.62. The zero-order chi connectivity index (χ0) is 14.7. The average molecular weight is 270 g/mol. The molecule has 5 nitrogen and oxygen atoms in total. The highest BCUT2D eigenvalue weighted by atomic mass is 16.4. The molecule has 0 saturated heterocycles. The molecule has 110 valence electrons. The Kier molecular flexibility index (Phi) is 9.57.